The fraction of sp³-hybridized carbons (Fsp3) is 0.462. The quantitative estimate of drug-likeness (QED) is 0.783. The number of piperazine rings is 1. The number of amides is 1. The molecule has 1 fully saturated rings. The molecule has 2 rings (SSSR count). The van der Waals surface area contributed by atoms with E-state index >= 15 is 0 Å². The van der Waals surface area contributed by atoms with E-state index in [1.807, 2.05) is 0 Å². The molecule has 0 spiro atoms. The Labute approximate surface area is 125 Å². The summed E-state index contributed by atoms with van der Waals surface area (Å²) in [6, 6.07) is 4.31. The van der Waals surface area contributed by atoms with Gasteiger partial charge in [-0.2, -0.15) is 0 Å². The van der Waals surface area contributed by atoms with Crippen molar-refractivity contribution in [3.63, 3.8) is 0 Å². The van der Waals surface area contributed by atoms with Gasteiger partial charge in [-0.15, -0.1) is 0 Å². The highest BCUT2D eigenvalue weighted by molar-refractivity contribution is 9.09. The summed E-state index contributed by atoms with van der Waals surface area (Å²) in [6.07, 6.45) is 0. The number of benzene rings is 1. The summed E-state index contributed by atoms with van der Waals surface area (Å²) in [4.78, 5) is 16.2. The highest BCUT2D eigenvalue weighted by Gasteiger charge is 2.25. The monoisotopic (exact) mass is 348 g/mol. The molecule has 1 heterocycles. The first-order valence-electron chi connectivity index (χ1n) is 6.15. The molecule has 0 aromatic heterocycles. The molecule has 104 valence electrons. The van der Waals surface area contributed by atoms with Crippen molar-refractivity contribution in [2.45, 2.75) is 0 Å². The molecule has 6 heteroatoms. The molecule has 0 atom stereocenters. The molecule has 0 saturated carbocycles. The number of halogens is 3. The number of hydrogen-bond donors (Lipinski definition) is 0. The van der Waals surface area contributed by atoms with Crippen LogP contribution in [0.4, 0.5) is 4.39 Å². The van der Waals surface area contributed by atoms with Crippen molar-refractivity contribution in [1.29, 1.82) is 0 Å². The van der Waals surface area contributed by atoms with Crippen molar-refractivity contribution in [3.05, 3.63) is 34.6 Å². The van der Waals surface area contributed by atoms with E-state index in [2.05, 4.69) is 20.8 Å². The van der Waals surface area contributed by atoms with E-state index in [0.717, 1.165) is 25.0 Å². The number of carbonyl (C=O) groups is 1. The Bertz CT molecular complexity index is 444. The average molecular weight is 350 g/mol. The van der Waals surface area contributed by atoms with Crippen LogP contribution in [0.2, 0.25) is 5.02 Å². The van der Waals surface area contributed by atoms with Crippen molar-refractivity contribution in [1.82, 2.24) is 9.80 Å². The number of hydrogen-bond acceptors (Lipinski definition) is 2. The second-order valence-electron chi connectivity index (χ2n) is 4.42. The van der Waals surface area contributed by atoms with E-state index in [0.29, 0.717) is 13.1 Å². The van der Waals surface area contributed by atoms with Gasteiger partial charge in [-0.3, -0.25) is 9.69 Å². The summed E-state index contributed by atoms with van der Waals surface area (Å²) < 4.78 is 13.7. The zero-order valence-electron chi connectivity index (χ0n) is 10.4. The van der Waals surface area contributed by atoms with Crippen LogP contribution in [-0.2, 0) is 0 Å². The molecule has 1 saturated heterocycles. The molecule has 1 aromatic carbocycles. The van der Waals surface area contributed by atoms with Crippen molar-refractivity contribution < 1.29 is 9.18 Å². The fourth-order valence-electron chi connectivity index (χ4n) is 2.15. The molecular weight excluding hydrogens is 335 g/mol. The zero-order chi connectivity index (χ0) is 13.8. The molecule has 3 nitrogen and oxygen atoms in total. The first-order chi connectivity index (χ1) is 9.13. The van der Waals surface area contributed by atoms with Gasteiger partial charge in [0.25, 0.3) is 5.91 Å². The number of nitrogens with zero attached hydrogens (tertiary/aromatic N) is 2. The van der Waals surface area contributed by atoms with Gasteiger partial charge in [-0.25, -0.2) is 4.39 Å². The number of carbonyl (C=O) groups excluding carboxylic acids is 1. The minimum Gasteiger partial charge on any atom is -0.336 e. The van der Waals surface area contributed by atoms with Crippen LogP contribution in [0.1, 0.15) is 10.4 Å². The SMILES string of the molecule is O=C(c1c(F)cccc1Cl)N1CCN(CCBr)CC1. The molecule has 1 aromatic rings. The zero-order valence-corrected chi connectivity index (χ0v) is 12.8. The second kappa shape index (κ2) is 6.68. The first-order valence-corrected chi connectivity index (χ1v) is 7.65. The average Bonchev–Trinajstić information content (AvgIpc) is 2.39. The van der Waals surface area contributed by atoms with E-state index in [1.165, 1.54) is 12.1 Å². The lowest BCUT2D eigenvalue weighted by molar-refractivity contribution is 0.0640. The summed E-state index contributed by atoms with van der Waals surface area (Å²) in [5.41, 5.74) is -0.0156. The third kappa shape index (κ3) is 3.46. The van der Waals surface area contributed by atoms with Crippen LogP contribution in [0.5, 0.6) is 0 Å². The summed E-state index contributed by atoms with van der Waals surface area (Å²) in [5, 5.41) is 1.09. The molecular formula is C13H15BrClFN2O. The van der Waals surface area contributed by atoms with Crippen molar-refractivity contribution >= 4 is 33.4 Å². The standard InChI is InChI=1S/C13H15BrClFN2O/c14-4-5-17-6-8-18(9-7-17)13(19)12-10(15)2-1-3-11(12)16/h1-3H,4-9H2. The van der Waals surface area contributed by atoms with Crippen molar-refractivity contribution in [2.75, 3.05) is 38.1 Å². The largest absolute Gasteiger partial charge is 0.336 e. The van der Waals surface area contributed by atoms with Crippen LogP contribution in [0, 0.1) is 5.82 Å². The first kappa shape index (κ1) is 14.8. The normalized spacial score (nSPS) is 16.7. The van der Waals surface area contributed by atoms with Gasteiger partial charge in [0.05, 0.1) is 10.6 Å². The van der Waals surface area contributed by atoms with Crippen LogP contribution >= 0.6 is 27.5 Å². The molecule has 0 radical (unpaired) electrons. The molecule has 1 aliphatic heterocycles. The van der Waals surface area contributed by atoms with E-state index < -0.39 is 5.82 Å². The maximum atomic E-state index is 13.7. The van der Waals surface area contributed by atoms with E-state index in [9.17, 15) is 9.18 Å². The van der Waals surface area contributed by atoms with Gasteiger partial charge in [-0.05, 0) is 12.1 Å². The summed E-state index contributed by atoms with van der Waals surface area (Å²) >= 11 is 9.31. The number of alkyl halides is 1. The third-order valence-electron chi connectivity index (χ3n) is 3.24. The van der Waals surface area contributed by atoms with Gasteiger partial charge in [0, 0.05) is 38.1 Å². The third-order valence-corrected chi connectivity index (χ3v) is 3.91. The lowest BCUT2D eigenvalue weighted by atomic mass is 10.1. The maximum Gasteiger partial charge on any atom is 0.258 e. The van der Waals surface area contributed by atoms with E-state index in [4.69, 9.17) is 11.6 Å². The Kier molecular flexibility index (Phi) is 5.19. The second-order valence-corrected chi connectivity index (χ2v) is 5.62. The molecule has 0 aliphatic carbocycles. The molecule has 1 aliphatic rings. The van der Waals surface area contributed by atoms with Gasteiger partial charge < -0.3 is 4.90 Å². The minimum atomic E-state index is -0.555. The lowest BCUT2D eigenvalue weighted by Gasteiger charge is -2.34. The fourth-order valence-corrected chi connectivity index (χ4v) is 2.90. The maximum absolute atomic E-state index is 13.7. The smallest absolute Gasteiger partial charge is 0.258 e. The summed E-state index contributed by atoms with van der Waals surface area (Å²) in [7, 11) is 0. The van der Waals surface area contributed by atoms with E-state index in [-0.39, 0.29) is 16.5 Å². The van der Waals surface area contributed by atoms with Crippen LogP contribution in [0.25, 0.3) is 0 Å². The highest BCUT2D eigenvalue weighted by atomic mass is 79.9. The molecule has 0 unspecified atom stereocenters. The highest BCUT2D eigenvalue weighted by Crippen LogP contribution is 2.21. The van der Waals surface area contributed by atoms with Crippen LogP contribution < -0.4 is 0 Å². The molecule has 1 amide bonds. The molecule has 19 heavy (non-hydrogen) atoms. The number of rotatable bonds is 3. The lowest BCUT2D eigenvalue weighted by Crippen LogP contribution is -2.49. The molecule has 0 bridgehead atoms. The molecule has 0 N–H and O–H groups in total. The predicted octanol–water partition coefficient (Wildman–Crippen LogP) is 2.63. The van der Waals surface area contributed by atoms with Crippen molar-refractivity contribution in [2.24, 2.45) is 0 Å². The summed E-state index contributed by atoms with van der Waals surface area (Å²) in [5.74, 6) is -0.873. The van der Waals surface area contributed by atoms with Gasteiger partial charge in [-0.1, -0.05) is 33.6 Å². The minimum absolute atomic E-state index is 0.0156. The van der Waals surface area contributed by atoms with E-state index in [1.54, 1.807) is 11.0 Å². The predicted molar refractivity (Wildman–Crippen MR) is 77.5 cm³/mol. The van der Waals surface area contributed by atoms with Gasteiger partial charge in [0.1, 0.15) is 5.82 Å². The van der Waals surface area contributed by atoms with Gasteiger partial charge in [0.2, 0.25) is 0 Å². The summed E-state index contributed by atoms with van der Waals surface area (Å²) in [6.45, 7) is 3.79. The topological polar surface area (TPSA) is 23.6 Å². The van der Waals surface area contributed by atoms with Crippen LogP contribution in [0.3, 0.4) is 0 Å². The van der Waals surface area contributed by atoms with Gasteiger partial charge >= 0.3 is 0 Å². The Morgan fingerprint density at radius 3 is 2.58 bits per heavy atom. The van der Waals surface area contributed by atoms with Crippen LogP contribution in [0.15, 0.2) is 18.2 Å². The van der Waals surface area contributed by atoms with Crippen molar-refractivity contribution in [3.8, 4) is 0 Å². The van der Waals surface area contributed by atoms with Gasteiger partial charge in [0.15, 0.2) is 0 Å². The Morgan fingerprint density at radius 2 is 2.00 bits per heavy atom. The Hall–Kier alpha value is -0.650. The Morgan fingerprint density at radius 1 is 1.32 bits per heavy atom. The van der Waals surface area contributed by atoms with Crippen LogP contribution in [-0.4, -0.2) is 53.8 Å². The Balaban J connectivity index is 2.05.